The number of hydrogen-bond acceptors (Lipinski definition) is 1. The Balaban J connectivity index is 1.54. The highest BCUT2D eigenvalue weighted by Crippen LogP contribution is 2.61. The van der Waals surface area contributed by atoms with E-state index in [2.05, 4.69) is 5.32 Å². The topological polar surface area (TPSA) is 29.1 Å². The molecule has 1 aromatic rings. The second-order valence-corrected chi connectivity index (χ2v) is 8.52. The maximum absolute atomic E-state index is 13.2. The lowest BCUT2D eigenvalue weighted by Gasteiger charge is -2.59. The van der Waals surface area contributed by atoms with Crippen molar-refractivity contribution in [3.8, 4) is 0 Å². The van der Waals surface area contributed by atoms with Crippen molar-refractivity contribution in [2.75, 3.05) is 0 Å². The summed E-state index contributed by atoms with van der Waals surface area (Å²) in [5.74, 6) is 1.63. The largest absolute Gasteiger partial charge is 0.417 e. The van der Waals surface area contributed by atoms with E-state index < -0.39 is 17.6 Å². The van der Waals surface area contributed by atoms with E-state index in [0.29, 0.717) is 0 Å². The molecule has 1 amide bonds. The molecule has 0 radical (unpaired) electrons. The lowest BCUT2D eigenvalue weighted by atomic mass is 9.48. The molecule has 4 aliphatic rings. The molecule has 5 rings (SSSR count). The average molecular weight is 351 g/mol. The van der Waals surface area contributed by atoms with Gasteiger partial charge < -0.3 is 5.32 Å². The number of rotatable bonds is 3. The third-order valence-electron chi connectivity index (χ3n) is 6.83. The normalized spacial score (nSPS) is 34.8. The van der Waals surface area contributed by atoms with Gasteiger partial charge in [-0.1, -0.05) is 12.1 Å². The first-order valence-electron chi connectivity index (χ1n) is 9.24. The van der Waals surface area contributed by atoms with E-state index in [1.807, 2.05) is 6.92 Å². The Bertz CT molecular complexity index is 646. The van der Waals surface area contributed by atoms with Gasteiger partial charge in [0.2, 0.25) is 0 Å². The number of hydrogen-bond donors (Lipinski definition) is 1. The zero-order chi connectivity index (χ0) is 17.8. The van der Waals surface area contributed by atoms with Gasteiger partial charge >= 0.3 is 6.18 Å². The maximum atomic E-state index is 13.2. The standard InChI is InChI=1S/C20H24F3NO/c1-12(19-9-13-6-14(10-19)8-15(7-13)11-19)24-18(25)16-4-2-3-5-17(16)20(21,22)23/h2-5,12-15H,6-11H2,1H3,(H,24,25)/t12-,13?,14?,15?,19?/m0/s1. The van der Waals surface area contributed by atoms with Gasteiger partial charge in [0.25, 0.3) is 5.91 Å². The van der Waals surface area contributed by atoms with Crippen LogP contribution >= 0.6 is 0 Å². The van der Waals surface area contributed by atoms with Crippen LogP contribution in [0, 0.1) is 23.2 Å². The van der Waals surface area contributed by atoms with E-state index in [1.54, 1.807) is 0 Å². The Morgan fingerprint density at radius 3 is 2.12 bits per heavy atom. The van der Waals surface area contributed by atoms with Crippen LogP contribution in [0.2, 0.25) is 0 Å². The molecule has 0 heterocycles. The summed E-state index contributed by atoms with van der Waals surface area (Å²) >= 11 is 0. The third-order valence-corrected chi connectivity index (χ3v) is 6.83. The molecule has 25 heavy (non-hydrogen) atoms. The van der Waals surface area contributed by atoms with Crippen molar-refractivity contribution in [2.24, 2.45) is 23.2 Å². The van der Waals surface area contributed by atoms with E-state index >= 15 is 0 Å². The molecular formula is C20H24F3NO. The quantitative estimate of drug-likeness (QED) is 0.812. The van der Waals surface area contributed by atoms with E-state index in [4.69, 9.17) is 0 Å². The zero-order valence-electron chi connectivity index (χ0n) is 14.4. The van der Waals surface area contributed by atoms with Gasteiger partial charge in [0.1, 0.15) is 0 Å². The lowest BCUT2D eigenvalue weighted by molar-refractivity contribution is -0.138. The molecule has 1 aromatic carbocycles. The number of alkyl halides is 3. The molecule has 0 aliphatic heterocycles. The van der Waals surface area contributed by atoms with E-state index in [-0.39, 0.29) is 17.0 Å². The number of amides is 1. The summed E-state index contributed by atoms with van der Waals surface area (Å²) in [6.45, 7) is 1.99. The highest BCUT2D eigenvalue weighted by Gasteiger charge is 2.53. The predicted molar refractivity (Wildman–Crippen MR) is 89.0 cm³/mol. The number of halogens is 3. The number of nitrogens with one attached hydrogen (secondary N) is 1. The fourth-order valence-electron chi connectivity index (χ4n) is 6.06. The Labute approximate surface area is 146 Å². The molecule has 4 aliphatic carbocycles. The Hall–Kier alpha value is -1.52. The highest BCUT2D eigenvalue weighted by molar-refractivity contribution is 5.96. The van der Waals surface area contributed by atoms with Crippen molar-refractivity contribution >= 4 is 5.91 Å². The molecule has 1 atom stereocenters. The van der Waals surface area contributed by atoms with Crippen LogP contribution < -0.4 is 5.32 Å². The van der Waals surface area contributed by atoms with Gasteiger partial charge in [0.05, 0.1) is 11.1 Å². The average Bonchev–Trinajstić information content (AvgIpc) is 2.52. The van der Waals surface area contributed by atoms with Crippen molar-refractivity contribution in [2.45, 2.75) is 57.7 Å². The molecule has 4 fully saturated rings. The van der Waals surface area contributed by atoms with Crippen LogP contribution in [0.4, 0.5) is 13.2 Å². The van der Waals surface area contributed by atoms with Crippen molar-refractivity contribution in [1.29, 1.82) is 0 Å². The predicted octanol–water partition coefficient (Wildman–Crippen LogP) is 5.04. The van der Waals surface area contributed by atoms with Gasteiger partial charge in [-0.3, -0.25) is 4.79 Å². The smallest absolute Gasteiger partial charge is 0.349 e. The van der Waals surface area contributed by atoms with E-state index in [9.17, 15) is 18.0 Å². The van der Waals surface area contributed by atoms with Gasteiger partial charge in [-0.05, 0) is 80.8 Å². The van der Waals surface area contributed by atoms with Crippen LogP contribution in [-0.4, -0.2) is 11.9 Å². The number of benzene rings is 1. The lowest BCUT2D eigenvalue weighted by Crippen LogP contribution is -2.55. The van der Waals surface area contributed by atoms with Gasteiger partial charge in [0.15, 0.2) is 0 Å². The van der Waals surface area contributed by atoms with Crippen molar-refractivity contribution in [3.05, 3.63) is 35.4 Å². The molecule has 5 heteroatoms. The second kappa shape index (κ2) is 5.75. The summed E-state index contributed by atoms with van der Waals surface area (Å²) < 4.78 is 39.5. The van der Waals surface area contributed by atoms with Crippen LogP contribution in [0.25, 0.3) is 0 Å². The monoisotopic (exact) mass is 351 g/mol. The molecule has 0 spiro atoms. The summed E-state index contributed by atoms with van der Waals surface area (Å²) in [7, 11) is 0. The van der Waals surface area contributed by atoms with Gasteiger partial charge in [-0.25, -0.2) is 0 Å². The summed E-state index contributed by atoms with van der Waals surface area (Å²) in [6.07, 6.45) is 2.73. The first-order chi connectivity index (χ1) is 11.8. The van der Waals surface area contributed by atoms with Crippen LogP contribution in [-0.2, 0) is 6.18 Å². The van der Waals surface area contributed by atoms with Gasteiger partial charge in [0, 0.05) is 6.04 Å². The molecule has 1 N–H and O–H groups in total. The van der Waals surface area contributed by atoms with Gasteiger partial charge in [-0.15, -0.1) is 0 Å². The highest BCUT2D eigenvalue weighted by atomic mass is 19.4. The molecule has 136 valence electrons. The van der Waals surface area contributed by atoms with Crippen molar-refractivity contribution in [3.63, 3.8) is 0 Å². The molecule has 0 aromatic heterocycles. The van der Waals surface area contributed by atoms with E-state index in [1.165, 1.54) is 37.5 Å². The van der Waals surface area contributed by atoms with Crippen LogP contribution in [0.3, 0.4) is 0 Å². The summed E-state index contributed by atoms with van der Waals surface area (Å²) in [4.78, 5) is 12.6. The Morgan fingerprint density at radius 2 is 1.60 bits per heavy atom. The fourth-order valence-corrected chi connectivity index (χ4v) is 6.06. The molecule has 0 saturated heterocycles. The Morgan fingerprint density at radius 1 is 1.08 bits per heavy atom. The first kappa shape index (κ1) is 16.9. The molecular weight excluding hydrogens is 327 g/mol. The van der Waals surface area contributed by atoms with Crippen LogP contribution in [0.1, 0.15) is 61.4 Å². The van der Waals surface area contributed by atoms with Gasteiger partial charge in [-0.2, -0.15) is 13.2 Å². The molecule has 2 nitrogen and oxygen atoms in total. The van der Waals surface area contributed by atoms with Crippen LogP contribution in [0.15, 0.2) is 24.3 Å². The minimum Gasteiger partial charge on any atom is -0.349 e. The summed E-state index contributed by atoms with van der Waals surface area (Å²) in [5.41, 5.74) is -1.05. The minimum absolute atomic E-state index is 0.0809. The number of carbonyl (C=O) groups is 1. The summed E-state index contributed by atoms with van der Waals surface area (Å²) in [6, 6.07) is 4.96. The Kier molecular flexibility index (Phi) is 3.89. The van der Waals surface area contributed by atoms with Crippen LogP contribution in [0.5, 0.6) is 0 Å². The fraction of sp³-hybridized carbons (Fsp3) is 0.650. The minimum atomic E-state index is -4.52. The maximum Gasteiger partial charge on any atom is 0.417 e. The first-order valence-corrected chi connectivity index (χ1v) is 9.24. The van der Waals surface area contributed by atoms with E-state index in [0.717, 1.165) is 43.1 Å². The van der Waals surface area contributed by atoms with Crippen molar-refractivity contribution in [1.82, 2.24) is 5.32 Å². The SMILES string of the molecule is C[C@H](NC(=O)c1ccccc1C(F)(F)F)C12CC3CC(CC(C3)C1)C2. The molecule has 4 bridgehead atoms. The summed E-state index contributed by atoms with van der Waals surface area (Å²) in [5, 5.41) is 2.93. The van der Waals surface area contributed by atoms with Crippen molar-refractivity contribution < 1.29 is 18.0 Å². The second-order valence-electron chi connectivity index (χ2n) is 8.52. The number of carbonyl (C=O) groups excluding carboxylic acids is 1. The third kappa shape index (κ3) is 2.96. The molecule has 4 saturated carbocycles. The molecule has 0 unspecified atom stereocenters. The zero-order valence-corrected chi connectivity index (χ0v) is 14.4.